The number of methoxy groups -OCH3 is 1. The Morgan fingerprint density at radius 3 is 2.73 bits per heavy atom. The molecule has 1 aromatic carbocycles. The third kappa shape index (κ3) is 3.48. The summed E-state index contributed by atoms with van der Waals surface area (Å²) in [7, 11) is 1.11. The van der Waals surface area contributed by atoms with Crippen LogP contribution in [-0.4, -0.2) is 42.5 Å². The highest BCUT2D eigenvalue weighted by molar-refractivity contribution is 5.95. The smallest absolute Gasteiger partial charge is 0.427 e. The number of nitrogens with one attached hydrogen (secondary N) is 1. The van der Waals surface area contributed by atoms with Gasteiger partial charge >= 0.3 is 12.1 Å². The van der Waals surface area contributed by atoms with E-state index in [-0.39, 0.29) is 23.6 Å². The normalized spacial score (nSPS) is 19.2. The minimum Gasteiger partial charge on any atom is -0.478 e. The quantitative estimate of drug-likeness (QED) is 0.833. The van der Waals surface area contributed by atoms with Crippen molar-refractivity contribution in [3.8, 4) is 5.75 Å². The van der Waals surface area contributed by atoms with E-state index < -0.39 is 30.2 Å². The molecule has 3 rings (SSSR count). The monoisotopic (exact) mass is 370 g/mol. The van der Waals surface area contributed by atoms with Crippen molar-refractivity contribution in [3.63, 3.8) is 0 Å². The maximum Gasteiger partial charge on any atom is 0.427 e. The minimum atomic E-state index is -4.69. The van der Waals surface area contributed by atoms with Crippen LogP contribution in [0.1, 0.15) is 26.6 Å². The molecule has 10 heteroatoms. The van der Waals surface area contributed by atoms with Crippen LogP contribution in [0, 0.1) is 0 Å². The van der Waals surface area contributed by atoms with Gasteiger partial charge in [-0.2, -0.15) is 13.2 Å². The van der Waals surface area contributed by atoms with Gasteiger partial charge in [-0.1, -0.05) is 23.4 Å². The van der Waals surface area contributed by atoms with Gasteiger partial charge in [0.15, 0.2) is 5.69 Å². The van der Waals surface area contributed by atoms with E-state index >= 15 is 0 Å². The number of benzene rings is 1. The lowest BCUT2D eigenvalue weighted by Crippen LogP contribution is -2.55. The van der Waals surface area contributed by atoms with Crippen LogP contribution in [0.5, 0.6) is 5.75 Å². The van der Waals surface area contributed by atoms with Crippen molar-refractivity contribution >= 4 is 11.9 Å². The van der Waals surface area contributed by atoms with E-state index in [1.807, 2.05) is 0 Å². The lowest BCUT2D eigenvalue weighted by molar-refractivity contribution is -0.205. The largest absolute Gasteiger partial charge is 0.478 e. The Bertz CT molecular complexity index is 833. The van der Waals surface area contributed by atoms with Gasteiger partial charge in [0, 0.05) is 12.5 Å². The number of carbonyl (C=O) groups excluding carboxylic acids is 2. The molecule has 0 bridgehead atoms. The number of nitrogens with zero attached hydrogens (tertiary/aromatic N) is 1. The summed E-state index contributed by atoms with van der Waals surface area (Å²) in [5.74, 6) is -2.00. The highest BCUT2D eigenvalue weighted by atomic mass is 19.4. The van der Waals surface area contributed by atoms with Gasteiger partial charge in [-0.3, -0.25) is 4.79 Å². The number of ether oxygens (including phenoxy) is 2. The zero-order chi connectivity index (χ0) is 18.9. The van der Waals surface area contributed by atoms with Gasteiger partial charge in [0.2, 0.25) is 11.9 Å². The molecule has 1 amide bonds. The number of rotatable bonds is 3. The Morgan fingerprint density at radius 2 is 2.04 bits per heavy atom. The lowest BCUT2D eigenvalue weighted by atomic mass is 9.96. The summed E-state index contributed by atoms with van der Waals surface area (Å²) >= 11 is 0. The molecule has 0 saturated heterocycles. The fourth-order valence-electron chi connectivity index (χ4n) is 2.59. The molecule has 0 saturated carbocycles. The number of hydrogen-bond donors (Lipinski definition) is 1. The molecule has 0 fully saturated rings. The third-order valence-electron chi connectivity index (χ3n) is 3.80. The predicted molar refractivity (Wildman–Crippen MR) is 79.7 cm³/mol. The molecule has 2 aromatic rings. The van der Waals surface area contributed by atoms with Gasteiger partial charge in [0.25, 0.3) is 5.91 Å². The number of hydrogen-bond acceptors (Lipinski definition) is 6. The molecule has 0 spiro atoms. The Kier molecular flexibility index (Phi) is 4.58. The molecule has 1 aromatic heterocycles. The molecule has 26 heavy (non-hydrogen) atoms. The van der Waals surface area contributed by atoms with Gasteiger partial charge < -0.3 is 19.3 Å². The number of fused-ring (bicyclic) bond motifs is 1. The molecular weight excluding hydrogens is 357 g/mol. The molecule has 0 aliphatic carbocycles. The molecule has 7 nitrogen and oxygen atoms in total. The zero-order valence-electron chi connectivity index (χ0n) is 13.4. The average Bonchev–Trinajstić information content (AvgIpc) is 3.10. The van der Waals surface area contributed by atoms with Gasteiger partial charge in [-0.05, 0) is 11.6 Å². The van der Waals surface area contributed by atoms with Crippen LogP contribution in [0.25, 0.3) is 0 Å². The Balaban J connectivity index is 1.81. The number of halogens is 3. The van der Waals surface area contributed by atoms with Crippen molar-refractivity contribution in [1.82, 2.24) is 10.5 Å². The molecule has 1 aliphatic rings. The summed E-state index contributed by atoms with van der Waals surface area (Å²) in [5, 5.41) is 5.62. The van der Waals surface area contributed by atoms with Gasteiger partial charge in [-0.15, -0.1) is 0 Å². The van der Waals surface area contributed by atoms with E-state index in [2.05, 4.69) is 19.7 Å². The highest BCUT2D eigenvalue weighted by Crippen LogP contribution is 2.35. The number of aromatic nitrogens is 1. The first-order valence-electron chi connectivity index (χ1n) is 7.46. The molecule has 1 N–H and O–H groups in total. The van der Waals surface area contributed by atoms with Crippen molar-refractivity contribution in [3.05, 3.63) is 47.3 Å². The van der Waals surface area contributed by atoms with Crippen molar-refractivity contribution < 1.29 is 36.8 Å². The second kappa shape index (κ2) is 6.70. The van der Waals surface area contributed by atoms with Crippen LogP contribution < -0.4 is 10.1 Å². The number of alkyl halides is 3. The second-order valence-corrected chi connectivity index (χ2v) is 5.54. The second-order valence-electron chi connectivity index (χ2n) is 5.54. The maximum atomic E-state index is 13.3. The number of para-hydroxylation sites is 1. The molecular formula is C16H13F3N2O5. The van der Waals surface area contributed by atoms with Crippen LogP contribution in [-0.2, 0) is 11.2 Å². The maximum absolute atomic E-state index is 13.3. The highest BCUT2D eigenvalue weighted by Gasteiger charge is 2.50. The molecule has 138 valence electrons. The van der Waals surface area contributed by atoms with Crippen molar-refractivity contribution in [2.45, 2.75) is 24.7 Å². The first-order valence-corrected chi connectivity index (χ1v) is 7.46. The molecule has 0 unspecified atom stereocenters. The summed E-state index contributed by atoms with van der Waals surface area (Å²) in [6.07, 6.45) is -6.98. The lowest BCUT2D eigenvalue weighted by Gasteiger charge is -2.34. The van der Waals surface area contributed by atoms with Crippen molar-refractivity contribution in [1.29, 1.82) is 0 Å². The van der Waals surface area contributed by atoms with Gasteiger partial charge in [0.1, 0.15) is 5.75 Å². The molecule has 2 atom stereocenters. The Labute approximate surface area is 145 Å². The van der Waals surface area contributed by atoms with E-state index in [0.717, 1.165) is 13.2 Å². The fraction of sp³-hybridized carbons (Fsp3) is 0.312. The number of amides is 1. The first-order chi connectivity index (χ1) is 12.3. The SMILES string of the molecule is COC(=O)c1cc(C(=O)N[C@@H]2Cc3ccccc3O[C@H]2C(F)(F)F)no1. The van der Waals surface area contributed by atoms with E-state index in [9.17, 15) is 22.8 Å². The summed E-state index contributed by atoms with van der Waals surface area (Å²) < 4.78 is 54.1. The van der Waals surface area contributed by atoms with Crippen molar-refractivity contribution in [2.75, 3.05) is 7.11 Å². The molecule has 2 heterocycles. The van der Waals surface area contributed by atoms with Crippen LogP contribution in [0.2, 0.25) is 0 Å². The van der Waals surface area contributed by atoms with E-state index in [1.54, 1.807) is 18.2 Å². The Morgan fingerprint density at radius 1 is 1.31 bits per heavy atom. The predicted octanol–water partition coefficient (Wildman–Crippen LogP) is 2.13. The van der Waals surface area contributed by atoms with Crippen LogP contribution >= 0.6 is 0 Å². The van der Waals surface area contributed by atoms with Gasteiger partial charge in [0.05, 0.1) is 13.2 Å². The average molecular weight is 370 g/mol. The van der Waals surface area contributed by atoms with E-state index in [0.29, 0.717) is 5.56 Å². The summed E-state index contributed by atoms with van der Waals surface area (Å²) in [6.45, 7) is 0. The van der Waals surface area contributed by atoms with Gasteiger partial charge in [-0.25, -0.2) is 4.79 Å². The summed E-state index contributed by atoms with van der Waals surface area (Å²) in [6, 6.07) is 5.90. The fourth-order valence-corrected chi connectivity index (χ4v) is 2.59. The van der Waals surface area contributed by atoms with Crippen LogP contribution in [0.15, 0.2) is 34.9 Å². The van der Waals surface area contributed by atoms with Crippen molar-refractivity contribution in [2.24, 2.45) is 0 Å². The minimum absolute atomic E-state index is 0.0756. The summed E-state index contributed by atoms with van der Waals surface area (Å²) in [4.78, 5) is 23.5. The van der Waals surface area contributed by atoms with E-state index in [4.69, 9.17) is 4.74 Å². The molecule has 0 radical (unpaired) electrons. The Hall–Kier alpha value is -3.04. The van der Waals surface area contributed by atoms with Crippen LogP contribution in [0.3, 0.4) is 0 Å². The topological polar surface area (TPSA) is 90.7 Å². The number of carbonyl (C=O) groups is 2. The third-order valence-corrected chi connectivity index (χ3v) is 3.80. The molecule has 1 aliphatic heterocycles. The number of esters is 1. The standard InChI is InChI=1S/C16H13F3N2O5/c1-24-15(23)12-7-10(21-26-12)14(22)20-9-6-8-4-2-3-5-11(8)25-13(9)16(17,18)19/h2-5,7,9,13H,6H2,1H3,(H,20,22)/t9-,13-/m1/s1. The summed E-state index contributed by atoms with van der Waals surface area (Å²) in [5.41, 5.74) is 0.193. The zero-order valence-corrected chi connectivity index (χ0v) is 13.4. The van der Waals surface area contributed by atoms with E-state index in [1.165, 1.54) is 6.07 Å². The van der Waals surface area contributed by atoms with Crippen LogP contribution in [0.4, 0.5) is 13.2 Å². The first kappa shape index (κ1) is 17.8.